The van der Waals surface area contributed by atoms with Crippen molar-refractivity contribution in [3.8, 4) is 0 Å². The fraction of sp³-hybridized carbons (Fsp3) is 0.409. The Kier molecular flexibility index (Phi) is 5.12. The minimum atomic E-state index is -0.200. The van der Waals surface area contributed by atoms with Crippen LogP contribution in [0, 0.1) is 5.82 Å². The molecule has 2 aliphatic heterocycles. The number of para-hydroxylation sites is 1. The van der Waals surface area contributed by atoms with E-state index in [1.54, 1.807) is 0 Å². The summed E-state index contributed by atoms with van der Waals surface area (Å²) in [6.07, 6.45) is 1.49. The van der Waals surface area contributed by atoms with Crippen LogP contribution in [0.4, 0.5) is 15.8 Å². The van der Waals surface area contributed by atoms with Crippen molar-refractivity contribution in [2.24, 2.45) is 0 Å². The van der Waals surface area contributed by atoms with Crippen LogP contribution in [0.2, 0.25) is 0 Å². The van der Waals surface area contributed by atoms with Crippen LogP contribution in [-0.4, -0.2) is 49.6 Å². The number of carbonyl (C=O) groups is 1. The van der Waals surface area contributed by atoms with Crippen LogP contribution in [0.1, 0.15) is 18.9 Å². The van der Waals surface area contributed by atoms with Gasteiger partial charge in [0, 0.05) is 56.6 Å². The van der Waals surface area contributed by atoms with E-state index in [2.05, 4.69) is 28.9 Å². The van der Waals surface area contributed by atoms with E-state index in [4.69, 9.17) is 0 Å². The number of nitrogens with zero attached hydrogens (tertiary/aromatic N) is 3. The van der Waals surface area contributed by atoms with E-state index < -0.39 is 0 Å². The molecule has 2 aliphatic rings. The van der Waals surface area contributed by atoms with Gasteiger partial charge in [-0.25, -0.2) is 4.39 Å². The fourth-order valence-corrected chi connectivity index (χ4v) is 4.20. The molecule has 2 heterocycles. The zero-order valence-electron chi connectivity index (χ0n) is 15.8. The zero-order valence-corrected chi connectivity index (χ0v) is 15.8. The highest BCUT2D eigenvalue weighted by Crippen LogP contribution is 2.32. The predicted molar refractivity (Wildman–Crippen MR) is 107 cm³/mol. The average Bonchev–Trinajstić information content (AvgIpc) is 3.03. The minimum absolute atomic E-state index is 0.200. The van der Waals surface area contributed by atoms with Gasteiger partial charge in [0.05, 0.1) is 0 Å². The Balaban J connectivity index is 1.29. The fourth-order valence-electron chi connectivity index (χ4n) is 4.20. The SMILES string of the molecule is CC1Cc2ccccc2N1C(=O)CCN1CCN(c2ccc(F)cc2)CC1. The highest BCUT2D eigenvalue weighted by molar-refractivity contribution is 5.96. The molecule has 1 amide bonds. The summed E-state index contributed by atoms with van der Waals surface area (Å²) in [7, 11) is 0. The molecule has 0 bridgehead atoms. The van der Waals surface area contributed by atoms with Crippen LogP contribution in [0.15, 0.2) is 48.5 Å². The first-order chi connectivity index (χ1) is 13.1. The van der Waals surface area contributed by atoms with Gasteiger partial charge in [0.2, 0.25) is 5.91 Å². The van der Waals surface area contributed by atoms with Gasteiger partial charge in [-0.2, -0.15) is 0 Å². The number of rotatable bonds is 4. The molecule has 0 N–H and O–H groups in total. The van der Waals surface area contributed by atoms with Gasteiger partial charge in [0.15, 0.2) is 0 Å². The Hall–Kier alpha value is -2.40. The second-order valence-corrected chi connectivity index (χ2v) is 7.50. The normalized spacial score (nSPS) is 20.0. The van der Waals surface area contributed by atoms with Crippen LogP contribution in [0.3, 0.4) is 0 Å². The summed E-state index contributed by atoms with van der Waals surface area (Å²) in [5.74, 6) is 0.0158. The molecule has 0 aromatic heterocycles. The van der Waals surface area contributed by atoms with Gasteiger partial charge in [-0.05, 0) is 49.2 Å². The number of hydrogen-bond acceptors (Lipinski definition) is 3. The van der Waals surface area contributed by atoms with Gasteiger partial charge < -0.3 is 9.80 Å². The highest BCUT2D eigenvalue weighted by atomic mass is 19.1. The smallest absolute Gasteiger partial charge is 0.228 e. The third-order valence-corrected chi connectivity index (χ3v) is 5.68. The molecule has 4 rings (SSSR count). The Morgan fingerprint density at radius 2 is 1.74 bits per heavy atom. The Morgan fingerprint density at radius 1 is 1.04 bits per heavy atom. The van der Waals surface area contributed by atoms with Crippen LogP contribution in [0.25, 0.3) is 0 Å². The number of halogens is 1. The monoisotopic (exact) mass is 367 g/mol. The van der Waals surface area contributed by atoms with Crippen molar-refractivity contribution in [1.29, 1.82) is 0 Å². The number of piperazine rings is 1. The molecule has 2 aromatic carbocycles. The van der Waals surface area contributed by atoms with Crippen LogP contribution >= 0.6 is 0 Å². The maximum absolute atomic E-state index is 13.1. The molecule has 0 saturated carbocycles. The van der Waals surface area contributed by atoms with Crippen molar-refractivity contribution in [2.45, 2.75) is 25.8 Å². The Bertz CT molecular complexity index is 799. The molecule has 2 aromatic rings. The highest BCUT2D eigenvalue weighted by Gasteiger charge is 2.30. The van der Waals surface area contributed by atoms with Crippen molar-refractivity contribution in [2.75, 3.05) is 42.5 Å². The zero-order chi connectivity index (χ0) is 18.8. The first-order valence-corrected chi connectivity index (χ1v) is 9.74. The summed E-state index contributed by atoms with van der Waals surface area (Å²) >= 11 is 0. The van der Waals surface area contributed by atoms with Crippen LogP contribution in [0.5, 0.6) is 0 Å². The van der Waals surface area contributed by atoms with Crippen LogP contribution < -0.4 is 9.80 Å². The molecule has 0 spiro atoms. The Morgan fingerprint density at radius 3 is 2.48 bits per heavy atom. The maximum atomic E-state index is 13.1. The van der Waals surface area contributed by atoms with E-state index in [0.717, 1.165) is 50.5 Å². The van der Waals surface area contributed by atoms with Gasteiger partial charge in [-0.15, -0.1) is 0 Å². The van der Waals surface area contributed by atoms with E-state index in [-0.39, 0.29) is 17.8 Å². The largest absolute Gasteiger partial charge is 0.369 e. The summed E-state index contributed by atoms with van der Waals surface area (Å²) in [4.78, 5) is 19.4. The number of hydrogen-bond donors (Lipinski definition) is 0. The second kappa shape index (κ2) is 7.69. The van der Waals surface area contributed by atoms with Crippen LogP contribution in [-0.2, 0) is 11.2 Å². The molecule has 1 saturated heterocycles. The second-order valence-electron chi connectivity index (χ2n) is 7.50. The number of amides is 1. The molecule has 142 valence electrons. The summed E-state index contributed by atoms with van der Waals surface area (Å²) in [6, 6.07) is 15.1. The first kappa shape index (κ1) is 18.0. The lowest BCUT2D eigenvalue weighted by Crippen LogP contribution is -2.47. The van der Waals surface area contributed by atoms with Crippen molar-refractivity contribution in [1.82, 2.24) is 4.90 Å². The summed E-state index contributed by atoms with van der Waals surface area (Å²) in [6.45, 7) is 6.58. The molecule has 1 fully saturated rings. The molecule has 1 unspecified atom stereocenters. The van der Waals surface area contributed by atoms with Gasteiger partial charge in [-0.1, -0.05) is 18.2 Å². The lowest BCUT2D eigenvalue weighted by molar-refractivity contribution is -0.119. The van der Waals surface area contributed by atoms with Gasteiger partial charge in [0.1, 0.15) is 5.82 Å². The van der Waals surface area contributed by atoms with Crippen molar-refractivity contribution in [3.63, 3.8) is 0 Å². The van der Waals surface area contributed by atoms with Gasteiger partial charge >= 0.3 is 0 Å². The van der Waals surface area contributed by atoms with Crippen molar-refractivity contribution < 1.29 is 9.18 Å². The first-order valence-electron chi connectivity index (χ1n) is 9.74. The summed E-state index contributed by atoms with van der Waals surface area (Å²) in [5.41, 5.74) is 3.41. The standard InChI is InChI=1S/C22H26FN3O/c1-17-16-18-4-2-3-5-21(18)26(17)22(27)10-11-24-12-14-25(15-13-24)20-8-6-19(23)7-9-20/h2-9,17H,10-16H2,1H3. The van der Waals surface area contributed by atoms with Gasteiger partial charge in [0.25, 0.3) is 0 Å². The quantitative estimate of drug-likeness (QED) is 0.830. The van der Waals surface area contributed by atoms with E-state index >= 15 is 0 Å². The molecular formula is C22H26FN3O. The molecule has 4 nitrogen and oxygen atoms in total. The topological polar surface area (TPSA) is 26.8 Å². The van der Waals surface area contributed by atoms with E-state index in [1.807, 2.05) is 29.2 Å². The lowest BCUT2D eigenvalue weighted by Gasteiger charge is -2.36. The van der Waals surface area contributed by atoms with Crippen molar-refractivity contribution in [3.05, 3.63) is 59.9 Å². The van der Waals surface area contributed by atoms with E-state index in [0.29, 0.717) is 6.42 Å². The average molecular weight is 367 g/mol. The maximum Gasteiger partial charge on any atom is 0.228 e. The molecule has 0 radical (unpaired) electrons. The third kappa shape index (κ3) is 3.83. The minimum Gasteiger partial charge on any atom is -0.369 e. The molecule has 27 heavy (non-hydrogen) atoms. The molecule has 0 aliphatic carbocycles. The number of carbonyl (C=O) groups excluding carboxylic acids is 1. The molecule has 5 heteroatoms. The third-order valence-electron chi connectivity index (χ3n) is 5.68. The number of benzene rings is 2. The number of fused-ring (bicyclic) bond motifs is 1. The number of anilines is 2. The predicted octanol–water partition coefficient (Wildman–Crippen LogP) is 3.32. The summed E-state index contributed by atoms with van der Waals surface area (Å²) in [5, 5.41) is 0. The van der Waals surface area contributed by atoms with E-state index in [9.17, 15) is 9.18 Å². The lowest BCUT2D eigenvalue weighted by atomic mass is 10.1. The Labute approximate surface area is 160 Å². The van der Waals surface area contributed by atoms with Crippen molar-refractivity contribution >= 4 is 17.3 Å². The summed E-state index contributed by atoms with van der Waals surface area (Å²) < 4.78 is 13.1. The molecular weight excluding hydrogens is 341 g/mol. The van der Waals surface area contributed by atoms with Gasteiger partial charge in [-0.3, -0.25) is 9.69 Å². The van der Waals surface area contributed by atoms with E-state index in [1.165, 1.54) is 17.7 Å². The molecule has 1 atom stereocenters.